The zero-order chi connectivity index (χ0) is 16.7. The molecule has 2 aromatic rings. The number of allylic oxidation sites excluding steroid dienone is 2. The van der Waals surface area contributed by atoms with Crippen molar-refractivity contribution >= 4 is 29.2 Å². The fourth-order valence-electron chi connectivity index (χ4n) is 1.70. The Balaban J connectivity index is 2.20. The van der Waals surface area contributed by atoms with E-state index in [9.17, 15) is 9.65 Å². The molecule has 7 heteroatoms. The molecule has 2 rings (SSSR count). The predicted molar refractivity (Wildman–Crippen MR) is 88.4 cm³/mol. The molecule has 1 N–H and O–H groups in total. The quantitative estimate of drug-likeness (QED) is 0.658. The van der Waals surface area contributed by atoms with E-state index in [1.165, 1.54) is 29.7 Å². The Morgan fingerprint density at radius 1 is 1.30 bits per heavy atom. The van der Waals surface area contributed by atoms with E-state index >= 15 is 0 Å². The van der Waals surface area contributed by atoms with Crippen LogP contribution in [0.5, 0.6) is 0 Å². The lowest BCUT2D eigenvalue weighted by Gasteiger charge is -2.08. The second-order valence-corrected chi connectivity index (χ2v) is 5.66. The van der Waals surface area contributed by atoms with E-state index in [0.717, 1.165) is 4.88 Å². The van der Waals surface area contributed by atoms with Crippen molar-refractivity contribution in [2.45, 2.75) is 6.54 Å². The van der Waals surface area contributed by atoms with Crippen LogP contribution in [0.1, 0.15) is 10.4 Å². The van der Waals surface area contributed by atoms with Gasteiger partial charge < -0.3 is 5.32 Å². The highest BCUT2D eigenvalue weighted by atomic mass is 35.5. The molecule has 4 nitrogen and oxygen atoms in total. The van der Waals surface area contributed by atoms with Crippen LogP contribution < -0.4 is 5.32 Å². The molecule has 0 atom stereocenters. The molecule has 0 saturated carbocycles. The van der Waals surface area contributed by atoms with Crippen molar-refractivity contribution in [1.82, 2.24) is 5.32 Å². The van der Waals surface area contributed by atoms with Crippen LogP contribution in [-0.4, -0.2) is 6.21 Å². The molecule has 0 fully saturated rings. The number of halogens is 2. The normalized spacial score (nSPS) is 11.7. The summed E-state index contributed by atoms with van der Waals surface area (Å²) < 4.78 is 13.7. The summed E-state index contributed by atoms with van der Waals surface area (Å²) in [5.41, 5.74) is 0.106. The molecule has 0 aliphatic heterocycles. The topological polar surface area (TPSA) is 72.0 Å². The van der Waals surface area contributed by atoms with E-state index in [2.05, 4.69) is 10.3 Å². The number of nitrogens with one attached hydrogen (secondary N) is 1. The van der Waals surface area contributed by atoms with Crippen molar-refractivity contribution in [1.29, 1.82) is 10.5 Å². The lowest BCUT2D eigenvalue weighted by molar-refractivity contribution is 0.602. The molecule has 0 aliphatic rings. The smallest absolute Gasteiger partial charge is 0.174 e. The number of benzene rings is 1. The van der Waals surface area contributed by atoms with E-state index in [-0.39, 0.29) is 28.5 Å². The molecule has 1 aromatic carbocycles. The molecule has 1 heterocycles. The summed E-state index contributed by atoms with van der Waals surface area (Å²) in [6, 6.07) is 11.7. The second kappa shape index (κ2) is 8.09. The number of nitriles is 2. The van der Waals surface area contributed by atoms with Gasteiger partial charge in [0.1, 0.15) is 18.0 Å². The summed E-state index contributed by atoms with van der Waals surface area (Å²) in [7, 11) is 0. The number of nitrogens with zero attached hydrogens (tertiary/aromatic N) is 3. The molecule has 114 valence electrons. The third-order valence-corrected chi connectivity index (χ3v) is 3.98. The Morgan fingerprint density at radius 2 is 2.13 bits per heavy atom. The van der Waals surface area contributed by atoms with Crippen molar-refractivity contribution in [3.05, 3.63) is 68.4 Å². The number of rotatable bonds is 5. The van der Waals surface area contributed by atoms with Crippen LogP contribution in [0, 0.1) is 28.5 Å². The van der Waals surface area contributed by atoms with Gasteiger partial charge in [-0.2, -0.15) is 10.5 Å². The first kappa shape index (κ1) is 16.7. The van der Waals surface area contributed by atoms with Crippen molar-refractivity contribution in [3.8, 4) is 12.1 Å². The van der Waals surface area contributed by atoms with Gasteiger partial charge in [-0.25, -0.2) is 9.38 Å². The van der Waals surface area contributed by atoms with Crippen molar-refractivity contribution < 1.29 is 4.39 Å². The van der Waals surface area contributed by atoms with Gasteiger partial charge in [0.2, 0.25) is 0 Å². The third kappa shape index (κ3) is 4.40. The minimum absolute atomic E-state index is 0.0197. The van der Waals surface area contributed by atoms with Crippen LogP contribution in [-0.2, 0) is 6.54 Å². The zero-order valence-electron chi connectivity index (χ0n) is 11.8. The molecular formula is C16H10ClFN4S. The average Bonchev–Trinajstić information content (AvgIpc) is 3.06. The predicted octanol–water partition coefficient (Wildman–Crippen LogP) is 4.01. The van der Waals surface area contributed by atoms with E-state index in [1.54, 1.807) is 6.07 Å². The van der Waals surface area contributed by atoms with E-state index in [0.29, 0.717) is 0 Å². The summed E-state index contributed by atoms with van der Waals surface area (Å²) in [5, 5.41) is 23.2. The van der Waals surface area contributed by atoms with Gasteiger partial charge in [-0.05, 0) is 23.6 Å². The maximum Gasteiger partial charge on any atom is 0.174 e. The Bertz CT molecular complexity index is 809. The Morgan fingerprint density at radius 3 is 2.74 bits per heavy atom. The minimum atomic E-state index is -0.483. The number of aliphatic imine (C=N–C) groups is 1. The van der Waals surface area contributed by atoms with Gasteiger partial charge >= 0.3 is 0 Å². The fraction of sp³-hybridized carbons (Fsp3) is 0.0625. The van der Waals surface area contributed by atoms with Gasteiger partial charge in [0.25, 0.3) is 0 Å². The Labute approximate surface area is 141 Å². The van der Waals surface area contributed by atoms with Gasteiger partial charge in [-0.3, -0.25) is 0 Å². The van der Waals surface area contributed by atoms with Crippen LogP contribution in [0.2, 0.25) is 5.02 Å². The molecule has 0 saturated heterocycles. The maximum atomic E-state index is 13.7. The van der Waals surface area contributed by atoms with Crippen molar-refractivity contribution in [2.75, 3.05) is 0 Å². The Kier molecular flexibility index (Phi) is 5.87. The summed E-state index contributed by atoms with van der Waals surface area (Å²) >= 11 is 7.38. The summed E-state index contributed by atoms with van der Waals surface area (Å²) in [6.45, 7) is -0.0197. The van der Waals surface area contributed by atoms with Crippen LogP contribution in [0.25, 0.3) is 0 Å². The van der Waals surface area contributed by atoms with Crippen LogP contribution >= 0.6 is 22.9 Å². The monoisotopic (exact) mass is 344 g/mol. The zero-order valence-corrected chi connectivity index (χ0v) is 13.3. The molecule has 1 aromatic heterocycles. The molecule has 0 bridgehead atoms. The van der Waals surface area contributed by atoms with Gasteiger partial charge in [0.05, 0.1) is 0 Å². The highest BCUT2D eigenvalue weighted by Crippen LogP contribution is 2.19. The SMILES string of the molecule is N#CC(N=Cc1cccs1)=C(C#N)NCc1c(F)cccc1Cl. The molecule has 0 amide bonds. The highest BCUT2D eigenvalue weighted by Gasteiger charge is 2.10. The average molecular weight is 345 g/mol. The third-order valence-electron chi connectivity index (χ3n) is 2.82. The molecule has 23 heavy (non-hydrogen) atoms. The van der Waals surface area contributed by atoms with Gasteiger partial charge in [-0.1, -0.05) is 23.7 Å². The molecule has 0 unspecified atom stereocenters. The maximum absolute atomic E-state index is 13.7. The van der Waals surface area contributed by atoms with E-state index in [1.807, 2.05) is 29.7 Å². The molecular weight excluding hydrogens is 335 g/mol. The second-order valence-electron chi connectivity index (χ2n) is 4.27. The van der Waals surface area contributed by atoms with E-state index in [4.69, 9.17) is 16.9 Å². The first-order valence-corrected chi connectivity index (χ1v) is 7.70. The first-order chi connectivity index (χ1) is 11.2. The first-order valence-electron chi connectivity index (χ1n) is 6.44. The lowest BCUT2D eigenvalue weighted by atomic mass is 10.2. The Hall–Kier alpha value is -2.67. The summed E-state index contributed by atoms with van der Waals surface area (Å²) in [6.07, 6.45) is 1.50. The van der Waals surface area contributed by atoms with Crippen molar-refractivity contribution in [3.63, 3.8) is 0 Å². The highest BCUT2D eigenvalue weighted by molar-refractivity contribution is 7.11. The largest absolute Gasteiger partial charge is 0.370 e. The number of hydrogen-bond donors (Lipinski definition) is 1. The number of hydrogen-bond acceptors (Lipinski definition) is 5. The lowest BCUT2D eigenvalue weighted by Crippen LogP contribution is -2.14. The number of thiophene rings is 1. The summed E-state index contributed by atoms with van der Waals surface area (Å²) in [4.78, 5) is 4.86. The molecule has 0 radical (unpaired) electrons. The van der Waals surface area contributed by atoms with Gasteiger partial charge in [0.15, 0.2) is 11.4 Å². The van der Waals surface area contributed by atoms with Gasteiger partial charge in [-0.15, -0.1) is 11.3 Å². The standard InChI is InChI=1S/C16H10ClFN4S/c17-13-4-1-5-14(18)12(13)10-22-16(8-20)15(7-19)21-9-11-3-2-6-23-11/h1-6,9,22H,10H2. The molecule has 0 spiro atoms. The fourth-order valence-corrected chi connectivity index (χ4v) is 2.51. The minimum Gasteiger partial charge on any atom is -0.370 e. The van der Waals surface area contributed by atoms with Crippen LogP contribution in [0.3, 0.4) is 0 Å². The van der Waals surface area contributed by atoms with Crippen LogP contribution in [0.15, 0.2) is 52.1 Å². The van der Waals surface area contributed by atoms with Gasteiger partial charge in [0, 0.05) is 28.2 Å². The van der Waals surface area contributed by atoms with E-state index < -0.39 is 5.82 Å². The summed E-state index contributed by atoms with van der Waals surface area (Å²) in [5.74, 6) is -0.483. The van der Waals surface area contributed by atoms with Crippen molar-refractivity contribution in [2.24, 2.45) is 4.99 Å². The van der Waals surface area contributed by atoms with Crippen LogP contribution in [0.4, 0.5) is 4.39 Å². The molecule has 0 aliphatic carbocycles.